The fourth-order valence-electron chi connectivity index (χ4n) is 1.91. The maximum absolute atomic E-state index is 10.3. The topological polar surface area (TPSA) is 55.5 Å². The van der Waals surface area contributed by atoms with Crippen molar-refractivity contribution in [2.45, 2.75) is 13.0 Å². The third-order valence-corrected chi connectivity index (χ3v) is 3.01. The number of aryl methyl sites for hydroxylation is 1. The van der Waals surface area contributed by atoms with E-state index in [0.29, 0.717) is 17.0 Å². The summed E-state index contributed by atoms with van der Waals surface area (Å²) in [5.41, 5.74) is 9.10. The molecule has 0 spiro atoms. The van der Waals surface area contributed by atoms with Crippen LogP contribution in [-0.2, 0) is 0 Å². The quantitative estimate of drug-likeness (QED) is 0.815. The van der Waals surface area contributed by atoms with Gasteiger partial charge in [-0.1, -0.05) is 42.0 Å². The molecule has 2 aromatic carbocycles. The molecule has 0 fully saturated rings. The third-order valence-electron chi connectivity index (χ3n) is 3.01. The van der Waals surface area contributed by atoms with Gasteiger partial charge in [-0.15, -0.1) is 0 Å². The lowest BCUT2D eigenvalue weighted by atomic mass is 9.99. The van der Waals surface area contributed by atoms with E-state index < -0.39 is 6.10 Å². The van der Waals surface area contributed by atoms with Crippen molar-refractivity contribution in [3.05, 3.63) is 59.2 Å². The number of hydrogen-bond acceptors (Lipinski definition) is 3. The van der Waals surface area contributed by atoms with Crippen molar-refractivity contribution < 1.29 is 9.84 Å². The van der Waals surface area contributed by atoms with Gasteiger partial charge in [0.2, 0.25) is 0 Å². The third kappa shape index (κ3) is 2.31. The van der Waals surface area contributed by atoms with E-state index in [1.54, 1.807) is 13.2 Å². The molecule has 0 saturated carbocycles. The van der Waals surface area contributed by atoms with E-state index in [1.807, 2.05) is 43.3 Å². The van der Waals surface area contributed by atoms with Crippen LogP contribution in [0.2, 0.25) is 0 Å². The van der Waals surface area contributed by atoms with E-state index in [0.717, 1.165) is 11.1 Å². The molecule has 2 rings (SSSR count). The van der Waals surface area contributed by atoms with Crippen molar-refractivity contribution in [1.29, 1.82) is 0 Å². The van der Waals surface area contributed by atoms with E-state index in [4.69, 9.17) is 10.5 Å². The number of methoxy groups -OCH3 is 1. The molecule has 0 bridgehead atoms. The molecule has 0 saturated heterocycles. The molecule has 3 N–H and O–H groups in total. The van der Waals surface area contributed by atoms with Crippen LogP contribution in [0.3, 0.4) is 0 Å². The molecule has 94 valence electrons. The van der Waals surface area contributed by atoms with Gasteiger partial charge in [0.05, 0.1) is 12.8 Å². The number of para-hydroxylation sites is 1. The first-order valence-electron chi connectivity index (χ1n) is 5.80. The van der Waals surface area contributed by atoms with Crippen LogP contribution >= 0.6 is 0 Å². The highest BCUT2D eigenvalue weighted by molar-refractivity contribution is 5.60. The average Bonchev–Trinajstić information content (AvgIpc) is 2.39. The number of rotatable bonds is 3. The summed E-state index contributed by atoms with van der Waals surface area (Å²) >= 11 is 0. The molecule has 0 heterocycles. The van der Waals surface area contributed by atoms with Crippen LogP contribution in [0, 0.1) is 6.92 Å². The lowest BCUT2D eigenvalue weighted by Crippen LogP contribution is -2.05. The van der Waals surface area contributed by atoms with Crippen molar-refractivity contribution in [2.75, 3.05) is 12.8 Å². The predicted molar refractivity (Wildman–Crippen MR) is 72.6 cm³/mol. The van der Waals surface area contributed by atoms with Crippen molar-refractivity contribution in [2.24, 2.45) is 0 Å². The van der Waals surface area contributed by atoms with Gasteiger partial charge in [0.1, 0.15) is 11.9 Å². The number of benzene rings is 2. The standard InChI is InChI=1S/C15H17NO2/c1-10-6-8-11(9-7-10)15(17)12-4-3-5-13(18-2)14(12)16/h3-9,15,17H,16H2,1-2H3. The molecule has 18 heavy (non-hydrogen) atoms. The Hall–Kier alpha value is -2.00. The van der Waals surface area contributed by atoms with Crippen molar-refractivity contribution in [3.63, 3.8) is 0 Å². The summed E-state index contributed by atoms with van der Waals surface area (Å²) < 4.78 is 5.15. The summed E-state index contributed by atoms with van der Waals surface area (Å²) in [5.74, 6) is 0.582. The molecule has 3 nitrogen and oxygen atoms in total. The van der Waals surface area contributed by atoms with E-state index >= 15 is 0 Å². The molecule has 1 atom stereocenters. The number of aliphatic hydroxyl groups excluding tert-OH is 1. The number of ether oxygens (including phenoxy) is 1. The van der Waals surface area contributed by atoms with Gasteiger partial charge in [0.25, 0.3) is 0 Å². The summed E-state index contributed by atoms with van der Waals surface area (Å²) in [6.45, 7) is 2.01. The molecular formula is C15H17NO2. The first-order valence-corrected chi connectivity index (χ1v) is 5.80. The van der Waals surface area contributed by atoms with Gasteiger partial charge >= 0.3 is 0 Å². The zero-order valence-corrected chi connectivity index (χ0v) is 10.6. The highest BCUT2D eigenvalue weighted by Crippen LogP contribution is 2.32. The van der Waals surface area contributed by atoms with E-state index in [9.17, 15) is 5.11 Å². The Kier molecular flexibility index (Phi) is 3.53. The first kappa shape index (κ1) is 12.5. The minimum atomic E-state index is -0.735. The molecule has 0 radical (unpaired) electrons. The number of nitrogen functional groups attached to an aromatic ring is 1. The lowest BCUT2D eigenvalue weighted by Gasteiger charge is -2.16. The Morgan fingerprint density at radius 3 is 2.39 bits per heavy atom. The van der Waals surface area contributed by atoms with Crippen molar-refractivity contribution in [1.82, 2.24) is 0 Å². The van der Waals surface area contributed by atoms with E-state index in [-0.39, 0.29) is 0 Å². The Morgan fingerprint density at radius 1 is 1.11 bits per heavy atom. The van der Waals surface area contributed by atoms with Crippen LogP contribution in [0.15, 0.2) is 42.5 Å². The van der Waals surface area contributed by atoms with Gasteiger partial charge in [0.15, 0.2) is 0 Å². The fraction of sp³-hybridized carbons (Fsp3) is 0.200. The highest BCUT2D eigenvalue weighted by Gasteiger charge is 2.15. The zero-order chi connectivity index (χ0) is 13.1. The van der Waals surface area contributed by atoms with Gasteiger partial charge in [-0.2, -0.15) is 0 Å². The van der Waals surface area contributed by atoms with Gasteiger partial charge in [-0.05, 0) is 18.6 Å². The van der Waals surface area contributed by atoms with Crippen molar-refractivity contribution >= 4 is 5.69 Å². The average molecular weight is 243 g/mol. The molecule has 1 unspecified atom stereocenters. The molecule has 2 aromatic rings. The maximum atomic E-state index is 10.3. The largest absolute Gasteiger partial charge is 0.495 e. The Labute approximate surface area is 107 Å². The second-order valence-electron chi connectivity index (χ2n) is 4.28. The van der Waals surface area contributed by atoms with E-state index in [2.05, 4.69) is 0 Å². The smallest absolute Gasteiger partial charge is 0.142 e. The molecule has 0 aliphatic rings. The monoisotopic (exact) mass is 243 g/mol. The zero-order valence-electron chi connectivity index (χ0n) is 10.6. The molecule has 0 amide bonds. The van der Waals surface area contributed by atoms with Gasteiger partial charge < -0.3 is 15.6 Å². The second-order valence-corrected chi connectivity index (χ2v) is 4.28. The molecular weight excluding hydrogens is 226 g/mol. The Bertz CT molecular complexity index is 535. The number of hydrogen-bond donors (Lipinski definition) is 2. The van der Waals surface area contributed by atoms with Crippen LogP contribution in [0.25, 0.3) is 0 Å². The minimum absolute atomic E-state index is 0.480. The fourth-order valence-corrected chi connectivity index (χ4v) is 1.91. The van der Waals surface area contributed by atoms with Crippen LogP contribution in [0.1, 0.15) is 22.8 Å². The van der Waals surface area contributed by atoms with Gasteiger partial charge in [-0.3, -0.25) is 0 Å². The van der Waals surface area contributed by atoms with Gasteiger partial charge in [0, 0.05) is 5.56 Å². The molecule has 0 aliphatic heterocycles. The van der Waals surface area contributed by atoms with Crippen LogP contribution in [0.4, 0.5) is 5.69 Å². The maximum Gasteiger partial charge on any atom is 0.142 e. The highest BCUT2D eigenvalue weighted by atomic mass is 16.5. The molecule has 0 aromatic heterocycles. The summed E-state index contributed by atoms with van der Waals surface area (Å²) in [5, 5.41) is 10.3. The summed E-state index contributed by atoms with van der Waals surface area (Å²) in [6.07, 6.45) is -0.735. The Balaban J connectivity index is 2.39. The summed E-state index contributed by atoms with van der Waals surface area (Å²) in [7, 11) is 1.56. The van der Waals surface area contributed by atoms with Crippen LogP contribution in [-0.4, -0.2) is 12.2 Å². The number of anilines is 1. The van der Waals surface area contributed by atoms with Gasteiger partial charge in [-0.25, -0.2) is 0 Å². The normalized spacial score (nSPS) is 12.2. The molecule has 0 aliphatic carbocycles. The van der Waals surface area contributed by atoms with E-state index in [1.165, 1.54) is 0 Å². The second kappa shape index (κ2) is 5.10. The predicted octanol–water partition coefficient (Wildman–Crippen LogP) is 2.67. The summed E-state index contributed by atoms with van der Waals surface area (Å²) in [6, 6.07) is 13.1. The number of aliphatic hydroxyl groups is 1. The minimum Gasteiger partial charge on any atom is -0.495 e. The first-order chi connectivity index (χ1) is 8.63. The molecule has 3 heteroatoms. The van der Waals surface area contributed by atoms with Crippen LogP contribution < -0.4 is 10.5 Å². The lowest BCUT2D eigenvalue weighted by molar-refractivity contribution is 0.220. The SMILES string of the molecule is COc1cccc(C(O)c2ccc(C)cc2)c1N. The Morgan fingerprint density at radius 2 is 1.78 bits per heavy atom. The van der Waals surface area contributed by atoms with Crippen LogP contribution in [0.5, 0.6) is 5.75 Å². The number of nitrogens with two attached hydrogens (primary N) is 1. The summed E-state index contributed by atoms with van der Waals surface area (Å²) in [4.78, 5) is 0. The van der Waals surface area contributed by atoms with Crippen molar-refractivity contribution in [3.8, 4) is 5.75 Å².